The van der Waals surface area contributed by atoms with Crippen LogP contribution in [-0.4, -0.2) is 24.5 Å². The van der Waals surface area contributed by atoms with Crippen molar-refractivity contribution in [3.05, 3.63) is 83.9 Å². The van der Waals surface area contributed by atoms with Crippen molar-refractivity contribution < 1.29 is 9.53 Å². The Kier molecular flexibility index (Phi) is 8.88. The van der Waals surface area contributed by atoms with Crippen LogP contribution in [0, 0.1) is 11.3 Å². The molecule has 1 N–H and O–H groups in total. The Balaban J connectivity index is 0.000000271. The maximum atomic E-state index is 9.98. The van der Waals surface area contributed by atoms with Crippen molar-refractivity contribution in [1.29, 1.82) is 5.26 Å². The van der Waals surface area contributed by atoms with Gasteiger partial charge in [0.25, 0.3) is 0 Å². The van der Waals surface area contributed by atoms with Crippen molar-refractivity contribution in [3.63, 3.8) is 0 Å². The number of hydrogen-bond donors (Lipinski definition) is 1. The molecule has 0 fully saturated rings. The van der Waals surface area contributed by atoms with Gasteiger partial charge < -0.3 is 19.4 Å². The number of nitrogens with zero attached hydrogens (tertiary/aromatic N) is 2. The lowest BCUT2D eigenvalue weighted by molar-refractivity contribution is -0.107. The zero-order valence-corrected chi connectivity index (χ0v) is 20.0. The molecular weight excluding hydrogens is 422 g/mol. The fourth-order valence-corrected chi connectivity index (χ4v) is 3.99. The monoisotopic (exact) mass is 453 g/mol. The Hall–Kier alpha value is -4.04. The van der Waals surface area contributed by atoms with Crippen LogP contribution in [0.25, 0.3) is 22.2 Å². The Morgan fingerprint density at radius 3 is 2.35 bits per heavy atom. The molecule has 0 aliphatic heterocycles. The Morgan fingerprint density at radius 2 is 1.76 bits per heavy atom. The number of rotatable bonds is 8. The van der Waals surface area contributed by atoms with Crippen LogP contribution in [0.5, 0.6) is 5.75 Å². The standard InChI is InChI=1S/C20H21N3O.C9H10O/c1-4-23-19-12-16(24-5-2)10-11-17(19)18(13-21)20(23)14-6-8-15(22-3)9-7-14;10-8-4-7-9-5-2-1-3-6-9/h6-12,22H,4-5H2,1-3H3;1-3,5-6,8H,4,7H2. The predicted molar refractivity (Wildman–Crippen MR) is 139 cm³/mol. The van der Waals surface area contributed by atoms with E-state index in [0.29, 0.717) is 18.6 Å². The summed E-state index contributed by atoms with van der Waals surface area (Å²) in [5, 5.41) is 13.8. The van der Waals surface area contributed by atoms with Gasteiger partial charge in [-0.3, -0.25) is 0 Å². The molecule has 0 saturated heterocycles. The van der Waals surface area contributed by atoms with Crippen LogP contribution in [0.2, 0.25) is 0 Å². The predicted octanol–water partition coefficient (Wildman–Crippen LogP) is 6.46. The minimum absolute atomic E-state index is 0.627. The molecule has 0 radical (unpaired) electrons. The summed E-state index contributed by atoms with van der Waals surface area (Å²) in [6.45, 7) is 5.48. The number of aldehydes is 1. The summed E-state index contributed by atoms with van der Waals surface area (Å²) in [5.74, 6) is 0.832. The van der Waals surface area contributed by atoms with E-state index >= 15 is 0 Å². The van der Waals surface area contributed by atoms with Gasteiger partial charge in [-0.2, -0.15) is 5.26 Å². The molecule has 0 bridgehead atoms. The van der Waals surface area contributed by atoms with Gasteiger partial charge in [0, 0.05) is 37.2 Å². The van der Waals surface area contributed by atoms with Crippen LogP contribution < -0.4 is 10.1 Å². The lowest BCUT2D eigenvalue weighted by atomic mass is 10.1. The molecule has 0 aliphatic carbocycles. The van der Waals surface area contributed by atoms with E-state index in [1.54, 1.807) is 0 Å². The smallest absolute Gasteiger partial charge is 0.121 e. The molecule has 174 valence electrons. The van der Waals surface area contributed by atoms with Crippen molar-refractivity contribution >= 4 is 22.9 Å². The fourth-order valence-electron chi connectivity index (χ4n) is 3.99. The average Bonchev–Trinajstić information content (AvgIpc) is 3.21. The van der Waals surface area contributed by atoms with Crippen molar-refractivity contribution in [2.24, 2.45) is 0 Å². The Bertz CT molecular complexity index is 1250. The minimum atomic E-state index is 0.627. The third-order valence-corrected chi connectivity index (χ3v) is 5.62. The van der Waals surface area contributed by atoms with Crippen LogP contribution >= 0.6 is 0 Å². The molecule has 0 aliphatic rings. The first-order valence-corrected chi connectivity index (χ1v) is 11.6. The summed E-state index contributed by atoms with van der Waals surface area (Å²) in [4.78, 5) is 9.98. The second-order valence-electron chi connectivity index (χ2n) is 7.71. The van der Waals surface area contributed by atoms with Crippen LogP contribution in [0.1, 0.15) is 31.4 Å². The zero-order valence-electron chi connectivity index (χ0n) is 20.0. The van der Waals surface area contributed by atoms with E-state index in [4.69, 9.17) is 4.74 Å². The molecule has 5 heteroatoms. The molecule has 34 heavy (non-hydrogen) atoms. The van der Waals surface area contributed by atoms with Gasteiger partial charge in [-0.25, -0.2) is 0 Å². The molecule has 0 atom stereocenters. The minimum Gasteiger partial charge on any atom is -0.494 e. The molecule has 0 amide bonds. The number of nitrogens with one attached hydrogen (secondary N) is 1. The molecule has 5 nitrogen and oxygen atoms in total. The van der Waals surface area contributed by atoms with Gasteiger partial charge in [0.2, 0.25) is 0 Å². The topological polar surface area (TPSA) is 67.0 Å². The first-order valence-electron chi connectivity index (χ1n) is 11.6. The van der Waals surface area contributed by atoms with Gasteiger partial charge in [0.05, 0.1) is 23.4 Å². The zero-order chi connectivity index (χ0) is 24.3. The number of anilines is 1. The van der Waals surface area contributed by atoms with Crippen molar-refractivity contribution in [2.45, 2.75) is 33.2 Å². The third-order valence-electron chi connectivity index (χ3n) is 5.62. The number of aryl methyl sites for hydroxylation is 2. The highest BCUT2D eigenvalue weighted by Crippen LogP contribution is 2.35. The van der Waals surface area contributed by atoms with E-state index in [9.17, 15) is 10.1 Å². The summed E-state index contributed by atoms with van der Waals surface area (Å²) in [6.07, 6.45) is 2.45. The summed E-state index contributed by atoms with van der Waals surface area (Å²) in [6, 6.07) is 26.5. The molecule has 4 aromatic rings. The van der Waals surface area contributed by atoms with Crippen LogP contribution in [0.4, 0.5) is 5.69 Å². The number of aromatic nitrogens is 1. The van der Waals surface area contributed by atoms with E-state index in [1.165, 1.54) is 5.56 Å². The largest absolute Gasteiger partial charge is 0.494 e. The SMILES string of the molecule is CCOc1ccc2c(C#N)c(-c3ccc(NC)cc3)n(CC)c2c1.O=CCCc1ccccc1. The van der Waals surface area contributed by atoms with E-state index in [1.807, 2.05) is 74.6 Å². The first kappa shape index (κ1) is 24.6. The molecule has 4 rings (SSSR count). The van der Waals surface area contributed by atoms with Gasteiger partial charge in [-0.1, -0.05) is 42.5 Å². The number of fused-ring (bicyclic) bond motifs is 1. The third kappa shape index (κ3) is 5.65. The number of hydrogen-bond acceptors (Lipinski definition) is 4. The molecule has 3 aromatic carbocycles. The maximum absolute atomic E-state index is 9.98. The highest BCUT2D eigenvalue weighted by molar-refractivity contribution is 5.95. The van der Waals surface area contributed by atoms with E-state index in [2.05, 4.69) is 35.0 Å². The molecule has 0 unspecified atom stereocenters. The second-order valence-corrected chi connectivity index (χ2v) is 7.71. The first-order chi connectivity index (χ1) is 16.7. The van der Waals surface area contributed by atoms with Gasteiger partial charge in [-0.15, -0.1) is 0 Å². The van der Waals surface area contributed by atoms with Crippen LogP contribution in [0.3, 0.4) is 0 Å². The molecular formula is C29H31N3O2. The highest BCUT2D eigenvalue weighted by atomic mass is 16.5. The Morgan fingerprint density at radius 1 is 1.03 bits per heavy atom. The van der Waals surface area contributed by atoms with Crippen LogP contribution in [-0.2, 0) is 17.8 Å². The van der Waals surface area contributed by atoms with Gasteiger partial charge >= 0.3 is 0 Å². The fraction of sp³-hybridized carbons (Fsp3) is 0.241. The Labute approximate surface area is 201 Å². The summed E-state index contributed by atoms with van der Waals surface area (Å²) >= 11 is 0. The second kappa shape index (κ2) is 12.3. The number of nitriles is 1. The summed E-state index contributed by atoms with van der Waals surface area (Å²) in [7, 11) is 1.90. The van der Waals surface area contributed by atoms with Crippen molar-refractivity contribution in [2.75, 3.05) is 19.0 Å². The molecule has 0 saturated carbocycles. The van der Waals surface area contributed by atoms with E-state index in [0.717, 1.165) is 52.8 Å². The normalized spacial score (nSPS) is 10.2. The van der Waals surface area contributed by atoms with Gasteiger partial charge in [0.15, 0.2) is 0 Å². The molecule has 1 heterocycles. The number of ether oxygens (including phenoxy) is 1. The number of carbonyl (C=O) groups excluding carboxylic acids is 1. The van der Waals surface area contributed by atoms with Gasteiger partial charge in [-0.05, 0) is 55.7 Å². The van der Waals surface area contributed by atoms with Crippen molar-refractivity contribution in [3.8, 4) is 23.1 Å². The molecule has 1 aromatic heterocycles. The highest BCUT2D eigenvalue weighted by Gasteiger charge is 2.18. The number of benzene rings is 3. The lowest BCUT2D eigenvalue weighted by Gasteiger charge is -2.10. The lowest BCUT2D eigenvalue weighted by Crippen LogP contribution is -1.98. The van der Waals surface area contributed by atoms with Crippen molar-refractivity contribution in [1.82, 2.24) is 4.57 Å². The number of carbonyl (C=O) groups is 1. The van der Waals surface area contributed by atoms with Crippen LogP contribution in [0.15, 0.2) is 72.8 Å². The van der Waals surface area contributed by atoms with E-state index < -0.39 is 0 Å². The summed E-state index contributed by atoms with van der Waals surface area (Å²) < 4.78 is 7.81. The van der Waals surface area contributed by atoms with Gasteiger partial charge in [0.1, 0.15) is 18.1 Å². The quantitative estimate of drug-likeness (QED) is 0.311. The van der Waals surface area contributed by atoms with E-state index in [-0.39, 0.29) is 0 Å². The maximum Gasteiger partial charge on any atom is 0.121 e. The average molecular weight is 454 g/mol. The molecule has 0 spiro atoms. The summed E-state index contributed by atoms with van der Waals surface area (Å²) in [5.41, 5.74) is 6.04.